The molecule has 3 rings (SSSR count). The smallest absolute Gasteiger partial charge is 0.274 e. The minimum absolute atomic E-state index is 0.0668. The van der Waals surface area contributed by atoms with Gasteiger partial charge in [-0.3, -0.25) is 24.3 Å². The monoisotopic (exact) mass is 425 g/mol. The number of fused-ring (bicyclic) bond motifs is 1. The first kappa shape index (κ1) is 21.6. The molecule has 0 atom stereocenters. The number of anilines is 1. The molecule has 0 saturated carbocycles. The molecule has 0 saturated heterocycles. The van der Waals surface area contributed by atoms with Crippen molar-refractivity contribution in [1.29, 1.82) is 0 Å². The molecule has 0 aliphatic rings. The van der Waals surface area contributed by atoms with E-state index < -0.39 is 23.4 Å². The summed E-state index contributed by atoms with van der Waals surface area (Å²) in [5, 5.41) is 15.9. The average Bonchev–Trinajstić information content (AvgIpc) is 2.77. The molecule has 0 radical (unpaired) electrons. The van der Waals surface area contributed by atoms with Crippen LogP contribution in [0.3, 0.4) is 0 Å². The fourth-order valence-corrected chi connectivity index (χ4v) is 2.98. The van der Waals surface area contributed by atoms with Gasteiger partial charge in [-0.2, -0.15) is 0 Å². The van der Waals surface area contributed by atoms with E-state index in [0.717, 1.165) is 6.07 Å². The summed E-state index contributed by atoms with van der Waals surface area (Å²) in [4.78, 5) is 46.2. The Morgan fingerprint density at radius 3 is 2.61 bits per heavy atom. The number of aromatic nitrogens is 2. The standard InChI is InChI=1S/C21H20FN5O4/c1-11(28)27(3)19-14-5-4-8-24-16(14)18(29)17(26-19)21(31)25-10-12-6-7-13(22)9-15(12)20(30)23-2/h4-9,29H,10H2,1-3H3,(H,23,30)(H,25,31). The summed E-state index contributed by atoms with van der Waals surface area (Å²) in [5.74, 6) is -2.46. The highest BCUT2D eigenvalue weighted by Gasteiger charge is 2.23. The van der Waals surface area contributed by atoms with E-state index in [1.807, 2.05) is 0 Å². The predicted octanol–water partition coefficient (Wildman–Crippen LogP) is 1.75. The van der Waals surface area contributed by atoms with Crippen LogP contribution in [0.4, 0.5) is 10.2 Å². The van der Waals surface area contributed by atoms with Gasteiger partial charge in [-0.15, -0.1) is 0 Å². The molecular weight excluding hydrogens is 405 g/mol. The van der Waals surface area contributed by atoms with Gasteiger partial charge in [0.15, 0.2) is 11.4 Å². The largest absolute Gasteiger partial charge is 0.504 e. The van der Waals surface area contributed by atoms with Gasteiger partial charge in [-0.1, -0.05) is 6.07 Å². The number of carbonyl (C=O) groups is 3. The van der Waals surface area contributed by atoms with Crippen molar-refractivity contribution >= 4 is 34.4 Å². The second-order valence-corrected chi connectivity index (χ2v) is 6.67. The second-order valence-electron chi connectivity index (χ2n) is 6.67. The number of nitrogens with zero attached hydrogens (tertiary/aromatic N) is 3. The van der Waals surface area contributed by atoms with Crippen molar-refractivity contribution in [2.24, 2.45) is 0 Å². The van der Waals surface area contributed by atoms with E-state index in [1.165, 1.54) is 44.2 Å². The molecule has 31 heavy (non-hydrogen) atoms. The number of nitrogens with one attached hydrogen (secondary N) is 2. The lowest BCUT2D eigenvalue weighted by molar-refractivity contribution is -0.116. The van der Waals surface area contributed by atoms with Gasteiger partial charge in [-0.25, -0.2) is 9.37 Å². The lowest BCUT2D eigenvalue weighted by Gasteiger charge is -2.18. The highest BCUT2D eigenvalue weighted by molar-refractivity contribution is 6.07. The highest BCUT2D eigenvalue weighted by atomic mass is 19.1. The number of aromatic hydroxyl groups is 1. The van der Waals surface area contributed by atoms with Crippen molar-refractivity contribution in [1.82, 2.24) is 20.6 Å². The van der Waals surface area contributed by atoms with Crippen LogP contribution in [-0.4, -0.2) is 46.9 Å². The van der Waals surface area contributed by atoms with Gasteiger partial charge in [0.1, 0.15) is 17.2 Å². The van der Waals surface area contributed by atoms with Gasteiger partial charge in [0, 0.05) is 44.7 Å². The lowest BCUT2D eigenvalue weighted by atomic mass is 10.1. The molecule has 3 amide bonds. The van der Waals surface area contributed by atoms with E-state index in [2.05, 4.69) is 20.6 Å². The van der Waals surface area contributed by atoms with Crippen LogP contribution >= 0.6 is 0 Å². The normalized spacial score (nSPS) is 10.6. The molecule has 2 aromatic heterocycles. The number of amides is 3. The maximum Gasteiger partial charge on any atom is 0.274 e. The van der Waals surface area contributed by atoms with Crippen molar-refractivity contribution in [3.05, 3.63) is 59.2 Å². The Bertz CT molecular complexity index is 1200. The molecule has 0 fully saturated rings. The summed E-state index contributed by atoms with van der Waals surface area (Å²) in [6.45, 7) is 1.21. The SMILES string of the molecule is CNC(=O)c1cc(F)ccc1CNC(=O)c1nc(N(C)C(C)=O)c2cccnc2c1O. The third kappa shape index (κ3) is 4.27. The molecule has 10 heteroatoms. The van der Waals surface area contributed by atoms with Crippen LogP contribution < -0.4 is 15.5 Å². The van der Waals surface area contributed by atoms with Gasteiger partial charge >= 0.3 is 0 Å². The first-order chi connectivity index (χ1) is 14.7. The zero-order valence-corrected chi connectivity index (χ0v) is 17.1. The fourth-order valence-electron chi connectivity index (χ4n) is 2.98. The number of benzene rings is 1. The summed E-state index contributed by atoms with van der Waals surface area (Å²) in [5.41, 5.74) is 0.210. The van der Waals surface area contributed by atoms with Crippen molar-refractivity contribution < 1.29 is 23.9 Å². The first-order valence-electron chi connectivity index (χ1n) is 9.25. The van der Waals surface area contributed by atoms with Crippen LogP contribution in [0.15, 0.2) is 36.5 Å². The van der Waals surface area contributed by atoms with Crippen LogP contribution in [0.25, 0.3) is 10.9 Å². The zero-order valence-electron chi connectivity index (χ0n) is 17.1. The number of hydrogen-bond donors (Lipinski definition) is 3. The minimum atomic E-state index is -0.754. The second kappa shape index (κ2) is 8.74. The Hall–Kier alpha value is -4.08. The molecule has 2 heterocycles. The molecule has 0 spiro atoms. The average molecular weight is 425 g/mol. The van der Waals surface area contributed by atoms with Crippen molar-refractivity contribution in [3.8, 4) is 5.75 Å². The number of halogens is 1. The summed E-state index contributed by atoms with van der Waals surface area (Å²) in [6.07, 6.45) is 1.44. The summed E-state index contributed by atoms with van der Waals surface area (Å²) in [6, 6.07) is 6.86. The van der Waals surface area contributed by atoms with Crippen LogP contribution in [-0.2, 0) is 11.3 Å². The molecule has 0 aliphatic carbocycles. The highest BCUT2D eigenvalue weighted by Crippen LogP contribution is 2.32. The van der Waals surface area contributed by atoms with Gasteiger partial charge < -0.3 is 15.7 Å². The van der Waals surface area contributed by atoms with Crippen LogP contribution in [0.1, 0.15) is 33.3 Å². The zero-order chi connectivity index (χ0) is 22.7. The van der Waals surface area contributed by atoms with Crippen molar-refractivity contribution in [2.45, 2.75) is 13.5 Å². The number of pyridine rings is 2. The predicted molar refractivity (Wildman–Crippen MR) is 111 cm³/mol. The molecule has 0 unspecified atom stereocenters. The van der Waals surface area contributed by atoms with Crippen LogP contribution in [0.2, 0.25) is 0 Å². The van der Waals surface area contributed by atoms with E-state index in [-0.39, 0.29) is 35.0 Å². The Labute approximate surface area is 176 Å². The topological polar surface area (TPSA) is 125 Å². The van der Waals surface area contributed by atoms with Gasteiger partial charge in [-0.05, 0) is 29.8 Å². The Balaban J connectivity index is 1.98. The number of hydrogen-bond acceptors (Lipinski definition) is 6. The van der Waals surface area contributed by atoms with Gasteiger partial charge in [0.2, 0.25) is 5.91 Å². The van der Waals surface area contributed by atoms with E-state index >= 15 is 0 Å². The van der Waals surface area contributed by atoms with E-state index in [1.54, 1.807) is 12.1 Å². The van der Waals surface area contributed by atoms with Gasteiger partial charge in [0.05, 0.1) is 0 Å². The third-order valence-corrected chi connectivity index (χ3v) is 4.70. The molecule has 0 aliphatic heterocycles. The first-order valence-corrected chi connectivity index (χ1v) is 9.25. The van der Waals surface area contributed by atoms with E-state index in [9.17, 15) is 23.9 Å². The molecule has 3 aromatic rings. The molecule has 0 bridgehead atoms. The molecule has 1 aromatic carbocycles. The lowest BCUT2D eigenvalue weighted by Crippen LogP contribution is -2.29. The summed E-state index contributed by atoms with van der Waals surface area (Å²) < 4.78 is 13.5. The van der Waals surface area contributed by atoms with E-state index in [4.69, 9.17) is 0 Å². The molecule has 160 valence electrons. The Morgan fingerprint density at radius 1 is 1.19 bits per heavy atom. The number of carbonyl (C=O) groups excluding carboxylic acids is 3. The van der Waals surface area contributed by atoms with E-state index in [0.29, 0.717) is 10.9 Å². The maximum absolute atomic E-state index is 13.5. The van der Waals surface area contributed by atoms with Crippen LogP contribution in [0.5, 0.6) is 5.75 Å². The number of rotatable bonds is 5. The van der Waals surface area contributed by atoms with Crippen molar-refractivity contribution in [2.75, 3.05) is 19.0 Å². The minimum Gasteiger partial charge on any atom is -0.504 e. The molecule has 3 N–H and O–H groups in total. The fraction of sp³-hybridized carbons (Fsp3) is 0.190. The van der Waals surface area contributed by atoms with Gasteiger partial charge in [0.25, 0.3) is 11.8 Å². The van der Waals surface area contributed by atoms with Crippen LogP contribution in [0, 0.1) is 5.82 Å². The molecule has 9 nitrogen and oxygen atoms in total. The summed E-state index contributed by atoms with van der Waals surface area (Å²) >= 11 is 0. The van der Waals surface area contributed by atoms with Crippen molar-refractivity contribution in [3.63, 3.8) is 0 Å². The molecular formula is C21H20FN5O4. The Morgan fingerprint density at radius 2 is 1.94 bits per heavy atom. The maximum atomic E-state index is 13.5. The quantitative estimate of drug-likeness (QED) is 0.572. The third-order valence-electron chi connectivity index (χ3n) is 4.70. The Kier molecular flexibility index (Phi) is 6.10. The summed E-state index contributed by atoms with van der Waals surface area (Å²) in [7, 11) is 2.90.